The number of guanidine groups is 1. The van der Waals surface area contributed by atoms with E-state index in [-0.39, 0.29) is 16.5 Å². The van der Waals surface area contributed by atoms with Crippen molar-refractivity contribution in [3.8, 4) is 11.3 Å². The fraction of sp³-hybridized carbons (Fsp3) is 0.190. The smallest absolute Gasteiger partial charge is 0.280 e. The van der Waals surface area contributed by atoms with Crippen molar-refractivity contribution in [1.29, 1.82) is 0 Å². The lowest BCUT2D eigenvalue weighted by Crippen LogP contribution is -2.34. The molecule has 0 atom stereocenters. The van der Waals surface area contributed by atoms with Gasteiger partial charge in [0.25, 0.3) is 5.91 Å². The Bertz CT molecular complexity index is 1060. The van der Waals surface area contributed by atoms with E-state index in [4.69, 9.17) is 23.2 Å². The highest BCUT2D eigenvalue weighted by Crippen LogP contribution is 2.22. The number of hydrogen-bond acceptors (Lipinski definition) is 2. The molecule has 0 radical (unpaired) electrons. The molecule has 3 rings (SSSR count). The Balaban J connectivity index is 1.81. The van der Waals surface area contributed by atoms with Gasteiger partial charge in [0, 0.05) is 28.8 Å². The molecule has 0 fully saturated rings. The highest BCUT2D eigenvalue weighted by atomic mass is 35.5. The van der Waals surface area contributed by atoms with Gasteiger partial charge < -0.3 is 10.6 Å². The van der Waals surface area contributed by atoms with E-state index in [0.717, 1.165) is 11.6 Å². The lowest BCUT2D eigenvalue weighted by Gasteiger charge is -2.12. The molecule has 0 bridgehead atoms. The molecule has 0 unspecified atom stereocenters. The molecule has 1 heterocycles. The minimum Gasteiger partial charge on any atom is -0.355 e. The minimum absolute atomic E-state index is 0.0565. The second-order valence-electron chi connectivity index (χ2n) is 6.97. The van der Waals surface area contributed by atoms with Gasteiger partial charge >= 0.3 is 0 Å². The van der Waals surface area contributed by atoms with Crippen LogP contribution in [0.1, 0.15) is 24.2 Å². The Labute approximate surface area is 183 Å². The summed E-state index contributed by atoms with van der Waals surface area (Å²) in [6.45, 7) is 4.62. The summed E-state index contributed by atoms with van der Waals surface area (Å²) in [4.78, 5) is 16.6. The summed E-state index contributed by atoms with van der Waals surface area (Å²) >= 11 is 11.6. The summed E-state index contributed by atoms with van der Waals surface area (Å²) in [6.07, 6.45) is 0. The summed E-state index contributed by atoms with van der Waals surface area (Å²) in [7, 11) is 0. The monoisotopic (exact) mass is 447 g/mol. The molecule has 0 aliphatic carbocycles. The number of anilines is 1. The van der Waals surface area contributed by atoms with Crippen molar-refractivity contribution in [1.82, 2.24) is 15.5 Å². The number of carbonyl (C=O) groups is 1. The molecule has 0 saturated heterocycles. The lowest BCUT2D eigenvalue weighted by atomic mass is 10.1. The van der Waals surface area contributed by atoms with Crippen LogP contribution >= 0.6 is 23.2 Å². The molecule has 3 aromatic rings. The van der Waals surface area contributed by atoms with Crippen LogP contribution in [0.15, 0.2) is 53.5 Å². The topological polar surface area (TPSA) is 82.2 Å². The van der Waals surface area contributed by atoms with Crippen molar-refractivity contribution in [2.75, 3.05) is 11.9 Å². The highest BCUT2D eigenvalue weighted by molar-refractivity contribution is 6.31. The quantitative estimate of drug-likeness (QED) is 0.362. The summed E-state index contributed by atoms with van der Waals surface area (Å²) in [5.74, 6) is -0.225. The number of nitrogens with zero attached hydrogens (tertiary/aromatic N) is 2. The summed E-state index contributed by atoms with van der Waals surface area (Å²) in [6, 6.07) is 12.8. The Morgan fingerprint density at radius 2 is 1.90 bits per heavy atom. The molecule has 156 valence electrons. The van der Waals surface area contributed by atoms with Gasteiger partial charge in [-0.1, -0.05) is 49.2 Å². The van der Waals surface area contributed by atoms with Gasteiger partial charge in [0.05, 0.1) is 10.7 Å². The van der Waals surface area contributed by atoms with E-state index < -0.39 is 11.7 Å². The van der Waals surface area contributed by atoms with E-state index >= 15 is 0 Å². The molecule has 1 amide bonds. The van der Waals surface area contributed by atoms with E-state index in [2.05, 4.69) is 25.8 Å². The molecule has 9 heteroatoms. The van der Waals surface area contributed by atoms with Crippen LogP contribution in [0.3, 0.4) is 0 Å². The summed E-state index contributed by atoms with van der Waals surface area (Å²) in [5.41, 5.74) is 1.67. The molecule has 2 aromatic carbocycles. The SMILES string of the molecule is CC(C)CN/C(=N/C(=O)c1ccc(Cl)c(F)c1)Nc1cc(-c2ccc(Cl)cc2)n[nH]1. The van der Waals surface area contributed by atoms with Crippen molar-refractivity contribution < 1.29 is 9.18 Å². The van der Waals surface area contributed by atoms with Crippen LogP contribution in [0, 0.1) is 11.7 Å². The lowest BCUT2D eigenvalue weighted by molar-refractivity contribution is 0.100. The third-order valence-corrected chi connectivity index (χ3v) is 4.59. The predicted molar refractivity (Wildman–Crippen MR) is 119 cm³/mol. The van der Waals surface area contributed by atoms with Crippen molar-refractivity contribution in [2.24, 2.45) is 10.9 Å². The number of benzene rings is 2. The number of hydrogen-bond donors (Lipinski definition) is 3. The van der Waals surface area contributed by atoms with Crippen LogP contribution in [-0.2, 0) is 0 Å². The fourth-order valence-electron chi connectivity index (χ4n) is 2.49. The summed E-state index contributed by atoms with van der Waals surface area (Å²) in [5, 5.41) is 13.8. The predicted octanol–water partition coefficient (Wildman–Crippen LogP) is 5.38. The second-order valence-corrected chi connectivity index (χ2v) is 7.81. The van der Waals surface area contributed by atoms with Crippen LogP contribution in [0.2, 0.25) is 10.0 Å². The number of H-pyrrole nitrogens is 1. The maximum atomic E-state index is 13.7. The molecule has 30 heavy (non-hydrogen) atoms. The van der Waals surface area contributed by atoms with Crippen LogP contribution in [0.5, 0.6) is 0 Å². The number of rotatable bonds is 5. The molecule has 3 N–H and O–H groups in total. The van der Waals surface area contributed by atoms with E-state index in [0.29, 0.717) is 29.0 Å². The zero-order chi connectivity index (χ0) is 21.7. The van der Waals surface area contributed by atoms with Crippen molar-refractivity contribution >= 4 is 40.9 Å². The largest absolute Gasteiger partial charge is 0.355 e. The third-order valence-electron chi connectivity index (χ3n) is 4.03. The Hall–Kier alpha value is -2.90. The normalized spacial score (nSPS) is 11.6. The zero-order valence-corrected chi connectivity index (χ0v) is 17.9. The van der Waals surface area contributed by atoms with E-state index in [1.807, 2.05) is 26.0 Å². The second kappa shape index (κ2) is 9.73. The van der Waals surface area contributed by atoms with E-state index in [1.54, 1.807) is 18.2 Å². The van der Waals surface area contributed by atoms with Gasteiger partial charge in [-0.25, -0.2) is 4.39 Å². The number of carbonyl (C=O) groups excluding carboxylic acids is 1. The Morgan fingerprint density at radius 3 is 2.57 bits per heavy atom. The Morgan fingerprint density at radius 1 is 1.17 bits per heavy atom. The van der Waals surface area contributed by atoms with Gasteiger partial charge in [-0.05, 0) is 36.2 Å². The van der Waals surface area contributed by atoms with Gasteiger partial charge in [-0.3, -0.25) is 9.89 Å². The van der Waals surface area contributed by atoms with Crippen molar-refractivity contribution in [3.05, 3.63) is 70.0 Å². The number of nitrogens with one attached hydrogen (secondary N) is 3. The molecular weight excluding hydrogens is 428 g/mol. The van der Waals surface area contributed by atoms with Crippen LogP contribution < -0.4 is 10.6 Å². The molecule has 0 aliphatic rings. The molecule has 0 saturated carbocycles. The van der Waals surface area contributed by atoms with Crippen LogP contribution in [0.4, 0.5) is 10.2 Å². The van der Waals surface area contributed by atoms with Crippen molar-refractivity contribution in [3.63, 3.8) is 0 Å². The van der Waals surface area contributed by atoms with Crippen molar-refractivity contribution in [2.45, 2.75) is 13.8 Å². The van der Waals surface area contributed by atoms with E-state index in [9.17, 15) is 9.18 Å². The first kappa shape index (κ1) is 21.8. The zero-order valence-electron chi connectivity index (χ0n) is 16.3. The number of aromatic nitrogens is 2. The highest BCUT2D eigenvalue weighted by Gasteiger charge is 2.12. The van der Waals surface area contributed by atoms with Gasteiger partial charge in [0.15, 0.2) is 0 Å². The summed E-state index contributed by atoms with van der Waals surface area (Å²) < 4.78 is 13.7. The molecule has 0 aliphatic heterocycles. The maximum absolute atomic E-state index is 13.7. The number of aromatic amines is 1. The average molecular weight is 448 g/mol. The van der Waals surface area contributed by atoms with E-state index in [1.165, 1.54) is 12.1 Å². The van der Waals surface area contributed by atoms with Gasteiger partial charge in [0.1, 0.15) is 11.6 Å². The molecule has 1 aromatic heterocycles. The Kier molecular flexibility index (Phi) is 7.07. The molecule has 0 spiro atoms. The maximum Gasteiger partial charge on any atom is 0.280 e. The average Bonchev–Trinajstić information content (AvgIpc) is 3.17. The third kappa shape index (κ3) is 5.81. The van der Waals surface area contributed by atoms with Gasteiger partial charge in [-0.2, -0.15) is 10.1 Å². The first-order valence-corrected chi connectivity index (χ1v) is 9.97. The van der Waals surface area contributed by atoms with Crippen LogP contribution in [0.25, 0.3) is 11.3 Å². The number of halogens is 3. The van der Waals surface area contributed by atoms with Gasteiger partial charge in [-0.15, -0.1) is 0 Å². The number of aliphatic imine (C=N–C) groups is 1. The fourth-order valence-corrected chi connectivity index (χ4v) is 2.73. The molecular formula is C21H20Cl2FN5O. The van der Waals surface area contributed by atoms with Crippen LogP contribution in [-0.4, -0.2) is 28.6 Å². The number of amides is 1. The van der Waals surface area contributed by atoms with Gasteiger partial charge in [0.2, 0.25) is 5.96 Å². The standard InChI is InChI=1S/C21H20Cl2FN5O/c1-12(2)11-25-21(27-20(30)14-5-8-16(23)17(24)9-14)26-19-10-18(28-29-19)13-3-6-15(22)7-4-13/h3-10,12H,11H2,1-2H3,(H3,25,26,27,28,29,30). The molecule has 6 nitrogen and oxygen atoms in total. The minimum atomic E-state index is -0.677. The first-order valence-electron chi connectivity index (χ1n) is 9.22. The first-order chi connectivity index (χ1) is 14.3.